The Labute approximate surface area is 135 Å². The third-order valence-electron chi connectivity index (χ3n) is 5.07. The van der Waals surface area contributed by atoms with Crippen molar-refractivity contribution in [3.05, 3.63) is 34.9 Å². The van der Waals surface area contributed by atoms with Gasteiger partial charge in [-0.05, 0) is 70.2 Å². The molecule has 0 saturated carbocycles. The Morgan fingerprint density at radius 2 is 2.00 bits per heavy atom. The number of hydrogen-bond acceptors (Lipinski definition) is 2. The zero-order valence-corrected chi connectivity index (χ0v) is 14.5. The van der Waals surface area contributed by atoms with E-state index in [0.29, 0.717) is 6.42 Å². The van der Waals surface area contributed by atoms with Crippen LogP contribution < -0.4 is 5.32 Å². The number of carbonyl (C=O) groups is 1. The van der Waals surface area contributed by atoms with Crippen LogP contribution in [-0.2, 0) is 4.79 Å². The molecule has 3 heteroatoms. The summed E-state index contributed by atoms with van der Waals surface area (Å²) in [5.41, 5.74) is 3.79. The predicted octanol–water partition coefficient (Wildman–Crippen LogP) is 3.60. The Morgan fingerprint density at radius 1 is 1.32 bits per heavy atom. The van der Waals surface area contributed by atoms with Gasteiger partial charge in [-0.2, -0.15) is 0 Å². The topological polar surface area (TPSA) is 32.3 Å². The third-order valence-corrected chi connectivity index (χ3v) is 5.07. The SMILES string of the molecule is Cc1ccc(C(C)N(C)C(=O)CCC2CCNCC2)c(C)c1. The first-order valence-electron chi connectivity index (χ1n) is 8.52. The Hall–Kier alpha value is -1.35. The van der Waals surface area contributed by atoms with Gasteiger partial charge in [0.05, 0.1) is 6.04 Å². The maximum atomic E-state index is 12.5. The van der Waals surface area contributed by atoms with Crippen molar-refractivity contribution in [2.75, 3.05) is 20.1 Å². The van der Waals surface area contributed by atoms with Crippen LogP contribution >= 0.6 is 0 Å². The van der Waals surface area contributed by atoms with E-state index in [-0.39, 0.29) is 11.9 Å². The molecule has 0 aromatic heterocycles. The van der Waals surface area contributed by atoms with Crippen LogP contribution in [-0.4, -0.2) is 30.9 Å². The summed E-state index contributed by atoms with van der Waals surface area (Å²) in [6, 6.07) is 6.62. The summed E-state index contributed by atoms with van der Waals surface area (Å²) in [4.78, 5) is 14.4. The zero-order valence-electron chi connectivity index (χ0n) is 14.5. The molecule has 0 bridgehead atoms. The summed E-state index contributed by atoms with van der Waals surface area (Å²) in [7, 11) is 1.94. The summed E-state index contributed by atoms with van der Waals surface area (Å²) in [5, 5.41) is 3.38. The van der Waals surface area contributed by atoms with Crippen LogP contribution in [0, 0.1) is 19.8 Å². The lowest BCUT2D eigenvalue weighted by Crippen LogP contribution is -2.32. The Kier molecular flexibility index (Phi) is 6.01. The normalized spacial score (nSPS) is 17.3. The van der Waals surface area contributed by atoms with Crippen LogP contribution in [0.4, 0.5) is 0 Å². The number of nitrogens with one attached hydrogen (secondary N) is 1. The van der Waals surface area contributed by atoms with Crippen molar-refractivity contribution in [3.63, 3.8) is 0 Å². The zero-order chi connectivity index (χ0) is 16.1. The van der Waals surface area contributed by atoms with E-state index in [1.165, 1.54) is 29.5 Å². The third kappa shape index (κ3) is 4.33. The van der Waals surface area contributed by atoms with Gasteiger partial charge in [0.15, 0.2) is 0 Å². The summed E-state index contributed by atoms with van der Waals surface area (Å²) in [5.74, 6) is 0.987. The second-order valence-electron chi connectivity index (χ2n) is 6.77. The van der Waals surface area contributed by atoms with Crippen molar-refractivity contribution in [1.82, 2.24) is 10.2 Å². The highest BCUT2D eigenvalue weighted by molar-refractivity contribution is 5.76. The first-order valence-corrected chi connectivity index (χ1v) is 8.52. The molecule has 0 aliphatic carbocycles. The van der Waals surface area contributed by atoms with E-state index in [4.69, 9.17) is 0 Å². The summed E-state index contributed by atoms with van der Waals surface area (Å²) < 4.78 is 0. The smallest absolute Gasteiger partial charge is 0.222 e. The Balaban J connectivity index is 1.91. The second-order valence-corrected chi connectivity index (χ2v) is 6.77. The summed E-state index contributed by atoms with van der Waals surface area (Å²) in [6.45, 7) is 8.57. The molecule has 1 amide bonds. The standard InChI is InChI=1S/C19H30N2O/c1-14-5-7-18(15(2)13-14)16(3)21(4)19(22)8-6-17-9-11-20-12-10-17/h5,7,13,16-17,20H,6,8-12H2,1-4H3. The van der Waals surface area contributed by atoms with Gasteiger partial charge in [-0.15, -0.1) is 0 Å². The van der Waals surface area contributed by atoms with Crippen LogP contribution in [0.1, 0.15) is 55.3 Å². The molecule has 1 aliphatic rings. The Bertz CT molecular complexity index is 506. The van der Waals surface area contributed by atoms with Gasteiger partial charge in [-0.25, -0.2) is 0 Å². The highest BCUT2D eigenvalue weighted by Crippen LogP contribution is 2.25. The number of piperidine rings is 1. The number of aryl methyl sites for hydroxylation is 2. The monoisotopic (exact) mass is 302 g/mol. The van der Waals surface area contributed by atoms with Crippen LogP contribution in [0.3, 0.4) is 0 Å². The van der Waals surface area contributed by atoms with E-state index in [1.54, 1.807) is 0 Å². The number of nitrogens with zero attached hydrogens (tertiary/aromatic N) is 1. The molecule has 0 spiro atoms. The molecule has 0 radical (unpaired) electrons. The van der Waals surface area contributed by atoms with Crippen molar-refractivity contribution in [2.24, 2.45) is 5.92 Å². The fourth-order valence-electron chi connectivity index (χ4n) is 3.39. The molecule has 22 heavy (non-hydrogen) atoms. The molecule has 1 aliphatic heterocycles. The van der Waals surface area contributed by atoms with E-state index in [1.807, 2.05) is 11.9 Å². The lowest BCUT2D eigenvalue weighted by molar-refractivity contribution is -0.132. The quantitative estimate of drug-likeness (QED) is 0.901. The van der Waals surface area contributed by atoms with Gasteiger partial charge < -0.3 is 10.2 Å². The first-order chi connectivity index (χ1) is 10.5. The molecule has 1 saturated heterocycles. The minimum Gasteiger partial charge on any atom is -0.339 e. The van der Waals surface area contributed by atoms with Crippen molar-refractivity contribution in [3.8, 4) is 0 Å². The van der Waals surface area contributed by atoms with Crippen LogP contribution in [0.5, 0.6) is 0 Å². The molecule has 1 heterocycles. The number of rotatable bonds is 5. The van der Waals surface area contributed by atoms with E-state index < -0.39 is 0 Å². The fourth-order valence-corrected chi connectivity index (χ4v) is 3.39. The summed E-state index contributed by atoms with van der Waals surface area (Å²) >= 11 is 0. The maximum Gasteiger partial charge on any atom is 0.222 e. The maximum absolute atomic E-state index is 12.5. The Morgan fingerprint density at radius 3 is 2.64 bits per heavy atom. The highest BCUT2D eigenvalue weighted by Gasteiger charge is 2.20. The molecule has 1 atom stereocenters. The molecule has 1 aromatic carbocycles. The van der Waals surface area contributed by atoms with Crippen molar-refractivity contribution in [1.29, 1.82) is 0 Å². The molecular weight excluding hydrogens is 272 g/mol. The largest absolute Gasteiger partial charge is 0.339 e. The highest BCUT2D eigenvalue weighted by atomic mass is 16.2. The van der Waals surface area contributed by atoms with Crippen molar-refractivity contribution < 1.29 is 4.79 Å². The molecule has 1 N–H and O–H groups in total. The van der Waals surface area contributed by atoms with Gasteiger partial charge in [0, 0.05) is 13.5 Å². The molecule has 1 unspecified atom stereocenters. The van der Waals surface area contributed by atoms with Gasteiger partial charge in [0.2, 0.25) is 5.91 Å². The van der Waals surface area contributed by atoms with Crippen LogP contribution in [0.2, 0.25) is 0 Å². The van der Waals surface area contributed by atoms with Gasteiger partial charge in [0.25, 0.3) is 0 Å². The molecule has 3 nitrogen and oxygen atoms in total. The molecule has 2 rings (SSSR count). The van der Waals surface area contributed by atoms with Gasteiger partial charge in [-0.1, -0.05) is 23.8 Å². The molecule has 1 fully saturated rings. The minimum atomic E-state index is 0.140. The number of amides is 1. The fraction of sp³-hybridized carbons (Fsp3) is 0.632. The van der Waals surface area contributed by atoms with E-state index in [2.05, 4.69) is 44.3 Å². The number of hydrogen-bond donors (Lipinski definition) is 1. The molecule has 122 valence electrons. The number of carbonyl (C=O) groups excluding carboxylic acids is 1. The lowest BCUT2D eigenvalue weighted by Gasteiger charge is -2.28. The van der Waals surface area contributed by atoms with E-state index in [9.17, 15) is 4.79 Å². The van der Waals surface area contributed by atoms with Crippen LogP contribution in [0.25, 0.3) is 0 Å². The van der Waals surface area contributed by atoms with E-state index >= 15 is 0 Å². The first kappa shape index (κ1) is 17.0. The predicted molar refractivity (Wildman–Crippen MR) is 91.9 cm³/mol. The lowest BCUT2D eigenvalue weighted by atomic mass is 9.92. The van der Waals surface area contributed by atoms with Gasteiger partial charge in [-0.3, -0.25) is 4.79 Å². The van der Waals surface area contributed by atoms with Crippen molar-refractivity contribution >= 4 is 5.91 Å². The minimum absolute atomic E-state index is 0.140. The molecular formula is C19H30N2O. The van der Waals surface area contributed by atoms with Gasteiger partial charge in [0.1, 0.15) is 0 Å². The second kappa shape index (κ2) is 7.77. The van der Waals surface area contributed by atoms with E-state index in [0.717, 1.165) is 25.4 Å². The number of benzene rings is 1. The van der Waals surface area contributed by atoms with Gasteiger partial charge >= 0.3 is 0 Å². The average molecular weight is 302 g/mol. The van der Waals surface area contributed by atoms with Crippen LogP contribution in [0.15, 0.2) is 18.2 Å². The summed E-state index contributed by atoms with van der Waals surface area (Å²) in [6.07, 6.45) is 4.13. The average Bonchev–Trinajstić information content (AvgIpc) is 2.52. The van der Waals surface area contributed by atoms with Crippen molar-refractivity contribution in [2.45, 2.75) is 52.5 Å². The molecule has 1 aromatic rings.